The Labute approximate surface area is 189 Å². The maximum Gasteiger partial charge on any atom is 0.338 e. The van der Waals surface area contributed by atoms with Crippen LogP contribution in [0.15, 0.2) is 66.7 Å². The number of carbonyl (C=O) groups excluding carboxylic acids is 1. The molecule has 0 bridgehead atoms. The van der Waals surface area contributed by atoms with Crippen LogP contribution in [0, 0.1) is 17.7 Å². The van der Waals surface area contributed by atoms with E-state index in [0.29, 0.717) is 12.1 Å². The molecule has 1 N–H and O–H groups in total. The molecule has 3 nitrogen and oxygen atoms in total. The highest BCUT2D eigenvalue weighted by Gasteiger charge is 2.10. The fraction of sp³-hybridized carbons (Fsp3) is 0.250. The molecule has 0 heterocycles. The Morgan fingerprint density at radius 3 is 2.12 bits per heavy atom. The predicted octanol–water partition coefficient (Wildman–Crippen LogP) is 6.36. The number of hydrogen-bond donors (Lipinski definition) is 1. The van der Waals surface area contributed by atoms with E-state index in [2.05, 4.69) is 48.3 Å². The number of carbonyl (C=O) groups is 1. The van der Waals surface area contributed by atoms with Crippen LogP contribution in [0.5, 0.6) is 0 Å². The molecule has 3 aromatic carbocycles. The van der Waals surface area contributed by atoms with E-state index < -0.39 is 11.8 Å². The summed E-state index contributed by atoms with van der Waals surface area (Å²) in [7, 11) is 0. The number of benzene rings is 3. The summed E-state index contributed by atoms with van der Waals surface area (Å²) >= 11 is 0. The molecule has 0 atom stereocenters. The fourth-order valence-electron chi connectivity index (χ4n) is 3.19. The van der Waals surface area contributed by atoms with Crippen LogP contribution in [-0.4, -0.2) is 12.6 Å². The van der Waals surface area contributed by atoms with Crippen molar-refractivity contribution in [1.82, 2.24) is 0 Å². The van der Waals surface area contributed by atoms with E-state index in [1.807, 2.05) is 24.3 Å². The fourth-order valence-corrected chi connectivity index (χ4v) is 3.19. The Balaban J connectivity index is 1.59. The summed E-state index contributed by atoms with van der Waals surface area (Å²) in [5, 5.41) is 3.04. The second-order valence-corrected chi connectivity index (χ2v) is 7.52. The SMILES string of the molecule is CCCCc1ccc(C#Cc2ccc(CNc3cc(C(=O)OCC)ccc3F)cc2)cc1. The minimum Gasteiger partial charge on any atom is -0.462 e. The van der Waals surface area contributed by atoms with Gasteiger partial charge < -0.3 is 10.1 Å². The number of unbranched alkanes of at least 4 members (excludes halogenated alkanes) is 1. The van der Waals surface area contributed by atoms with Crippen molar-refractivity contribution in [3.63, 3.8) is 0 Å². The van der Waals surface area contributed by atoms with Crippen molar-refractivity contribution in [2.24, 2.45) is 0 Å². The van der Waals surface area contributed by atoms with E-state index in [1.54, 1.807) is 6.92 Å². The lowest BCUT2D eigenvalue weighted by Crippen LogP contribution is -2.07. The first kappa shape index (κ1) is 23.1. The zero-order valence-corrected chi connectivity index (χ0v) is 18.6. The van der Waals surface area contributed by atoms with Gasteiger partial charge in [0.05, 0.1) is 17.9 Å². The Morgan fingerprint density at radius 2 is 1.53 bits per heavy atom. The van der Waals surface area contributed by atoms with Crippen LogP contribution in [0.1, 0.15) is 59.3 Å². The molecular formula is C28H28FNO2. The van der Waals surface area contributed by atoms with Gasteiger partial charge in [-0.1, -0.05) is 49.5 Å². The van der Waals surface area contributed by atoms with Crippen molar-refractivity contribution >= 4 is 11.7 Å². The minimum absolute atomic E-state index is 0.266. The van der Waals surface area contributed by atoms with Crippen LogP contribution < -0.4 is 5.32 Å². The van der Waals surface area contributed by atoms with Crippen LogP contribution >= 0.6 is 0 Å². The summed E-state index contributed by atoms with van der Waals surface area (Å²) in [6.45, 7) is 4.64. The third-order valence-corrected chi connectivity index (χ3v) is 5.04. The monoisotopic (exact) mass is 429 g/mol. The van der Waals surface area contributed by atoms with E-state index in [1.165, 1.54) is 36.6 Å². The van der Waals surface area contributed by atoms with Crippen molar-refractivity contribution < 1.29 is 13.9 Å². The standard InChI is InChI=1S/C28H28FNO2/c1-3-5-6-21-7-9-22(10-8-21)11-12-23-13-15-24(16-14-23)20-30-27-19-25(17-18-26(27)29)28(31)32-4-2/h7-10,13-19,30H,3-6,20H2,1-2H3. The molecule has 3 aromatic rings. The highest BCUT2D eigenvalue weighted by atomic mass is 19.1. The largest absolute Gasteiger partial charge is 0.462 e. The minimum atomic E-state index is -0.464. The maximum atomic E-state index is 14.1. The van der Waals surface area contributed by atoms with E-state index in [-0.39, 0.29) is 12.3 Å². The summed E-state index contributed by atoms with van der Waals surface area (Å²) < 4.78 is 19.1. The number of halogens is 1. The summed E-state index contributed by atoms with van der Waals surface area (Å²) in [5.41, 5.74) is 4.82. The van der Waals surface area contributed by atoms with Crippen LogP contribution in [0.4, 0.5) is 10.1 Å². The molecule has 0 spiro atoms. The zero-order valence-electron chi connectivity index (χ0n) is 18.6. The number of anilines is 1. The summed E-state index contributed by atoms with van der Waals surface area (Å²) in [4.78, 5) is 11.9. The van der Waals surface area contributed by atoms with Crippen LogP contribution in [0.3, 0.4) is 0 Å². The van der Waals surface area contributed by atoms with Crippen molar-refractivity contribution in [2.75, 3.05) is 11.9 Å². The summed E-state index contributed by atoms with van der Waals surface area (Å²) in [5.74, 6) is 5.50. The van der Waals surface area contributed by atoms with Gasteiger partial charge in [-0.05, 0) is 73.4 Å². The molecule has 3 rings (SSSR count). The molecule has 0 unspecified atom stereocenters. The third kappa shape index (κ3) is 6.72. The van der Waals surface area contributed by atoms with Gasteiger partial charge in [-0.15, -0.1) is 0 Å². The molecule has 164 valence electrons. The first-order chi connectivity index (χ1) is 15.6. The van der Waals surface area contributed by atoms with Crippen molar-refractivity contribution in [2.45, 2.75) is 39.7 Å². The molecule has 0 aliphatic carbocycles. The second kappa shape index (κ2) is 11.7. The van der Waals surface area contributed by atoms with Gasteiger partial charge in [-0.3, -0.25) is 0 Å². The van der Waals surface area contributed by atoms with E-state index in [4.69, 9.17) is 4.74 Å². The van der Waals surface area contributed by atoms with E-state index >= 15 is 0 Å². The Bertz CT molecular complexity index is 1090. The number of aryl methyl sites for hydroxylation is 1. The molecule has 0 radical (unpaired) electrons. The normalized spacial score (nSPS) is 10.2. The van der Waals surface area contributed by atoms with E-state index in [0.717, 1.165) is 23.1 Å². The molecule has 0 saturated heterocycles. The van der Waals surface area contributed by atoms with Crippen molar-refractivity contribution in [3.8, 4) is 11.8 Å². The first-order valence-corrected chi connectivity index (χ1v) is 11.0. The van der Waals surface area contributed by atoms with E-state index in [9.17, 15) is 9.18 Å². The zero-order chi connectivity index (χ0) is 22.8. The van der Waals surface area contributed by atoms with Gasteiger partial charge in [0.2, 0.25) is 0 Å². The Morgan fingerprint density at radius 1 is 0.906 bits per heavy atom. The third-order valence-electron chi connectivity index (χ3n) is 5.04. The molecule has 0 fully saturated rings. The summed E-state index contributed by atoms with van der Waals surface area (Å²) in [6.07, 6.45) is 3.51. The summed E-state index contributed by atoms with van der Waals surface area (Å²) in [6, 6.07) is 20.4. The number of ether oxygens (including phenoxy) is 1. The lowest BCUT2D eigenvalue weighted by atomic mass is 10.1. The quantitative estimate of drug-likeness (QED) is 0.335. The second-order valence-electron chi connectivity index (χ2n) is 7.52. The van der Waals surface area contributed by atoms with Crippen molar-refractivity contribution in [1.29, 1.82) is 0 Å². The molecule has 0 aliphatic rings. The van der Waals surface area contributed by atoms with Crippen LogP contribution in [0.2, 0.25) is 0 Å². The molecule has 0 aromatic heterocycles. The smallest absolute Gasteiger partial charge is 0.338 e. The lowest BCUT2D eigenvalue weighted by Gasteiger charge is -2.10. The first-order valence-electron chi connectivity index (χ1n) is 11.0. The Hall–Kier alpha value is -3.58. The molecule has 32 heavy (non-hydrogen) atoms. The number of nitrogens with one attached hydrogen (secondary N) is 1. The average Bonchev–Trinajstić information content (AvgIpc) is 2.82. The maximum absolute atomic E-state index is 14.1. The van der Waals surface area contributed by atoms with Crippen LogP contribution in [-0.2, 0) is 17.7 Å². The molecule has 0 amide bonds. The lowest BCUT2D eigenvalue weighted by molar-refractivity contribution is 0.0526. The number of esters is 1. The highest BCUT2D eigenvalue weighted by molar-refractivity contribution is 5.90. The number of rotatable bonds is 8. The molecule has 0 saturated carbocycles. The van der Waals surface area contributed by atoms with Gasteiger partial charge in [0.25, 0.3) is 0 Å². The van der Waals surface area contributed by atoms with Crippen LogP contribution in [0.25, 0.3) is 0 Å². The van der Waals surface area contributed by atoms with Gasteiger partial charge >= 0.3 is 5.97 Å². The van der Waals surface area contributed by atoms with Gasteiger partial charge in [0.1, 0.15) is 5.82 Å². The highest BCUT2D eigenvalue weighted by Crippen LogP contribution is 2.18. The van der Waals surface area contributed by atoms with Gasteiger partial charge in [0, 0.05) is 17.7 Å². The topological polar surface area (TPSA) is 38.3 Å². The number of hydrogen-bond acceptors (Lipinski definition) is 3. The predicted molar refractivity (Wildman–Crippen MR) is 127 cm³/mol. The average molecular weight is 430 g/mol. The molecule has 0 aliphatic heterocycles. The van der Waals surface area contributed by atoms with Crippen molar-refractivity contribution in [3.05, 3.63) is 100 Å². The molecule has 4 heteroatoms. The van der Waals surface area contributed by atoms with Gasteiger partial charge in [-0.2, -0.15) is 0 Å². The van der Waals surface area contributed by atoms with Gasteiger partial charge in [-0.25, -0.2) is 9.18 Å². The van der Waals surface area contributed by atoms with Gasteiger partial charge in [0.15, 0.2) is 0 Å². The molecular weight excluding hydrogens is 401 g/mol. The Kier molecular flexibility index (Phi) is 8.45.